The highest BCUT2D eigenvalue weighted by atomic mass is 35.5. The highest BCUT2D eigenvalue weighted by molar-refractivity contribution is 6.31. The van der Waals surface area contributed by atoms with Crippen molar-refractivity contribution in [2.24, 2.45) is 0 Å². The normalized spacial score (nSPS) is 11.9. The van der Waals surface area contributed by atoms with Crippen LogP contribution in [0.5, 0.6) is 0 Å². The number of hydrogen-bond acceptors (Lipinski definition) is 5. The fourth-order valence-electron chi connectivity index (χ4n) is 3.54. The maximum absolute atomic E-state index is 14.0. The van der Waals surface area contributed by atoms with E-state index in [1.54, 1.807) is 18.3 Å². The molecule has 0 aliphatic heterocycles. The van der Waals surface area contributed by atoms with Crippen LogP contribution in [0, 0.1) is 5.82 Å². The first-order valence-corrected chi connectivity index (χ1v) is 11.4. The van der Waals surface area contributed by atoms with Gasteiger partial charge in [-0.25, -0.2) is 22.9 Å². The molecule has 3 rings (SSSR count). The minimum Gasteiger partial charge on any atom is -0.447 e. The standard InChI is InChI=1S/C25H25ClF3N3O4.CH4/c1-32(22(34)10-9-16-7-4-8-20(27)23(16)26)19(12-25(28,29)15-33)14-36-24(35)31-21-11-17-5-2-3-6-18(17)13-30-21;/h2-8,11,13,19,33H,9-10,12,14-15H2,1H3,(H,30,31,35);1H4/t19-;/m0./s1. The van der Waals surface area contributed by atoms with E-state index in [0.29, 0.717) is 5.56 Å². The van der Waals surface area contributed by atoms with E-state index in [2.05, 4.69) is 10.3 Å². The predicted molar refractivity (Wildman–Crippen MR) is 136 cm³/mol. The predicted octanol–water partition coefficient (Wildman–Crippen LogP) is 5.69. The number of ether oxygens (including phenoxy) is 1. The minimum absolute atomic E-state index is 0. The number of aliphatic hydroxyl groups is 1. The SMILES string of the molecule is C.CN(C(=O)CCc1cccc(F)c1Cl)[C@H](COC(=O)Nc1cc2ccccc2cn1)CC(F)(F)CO. The van der Waals surface area contributed by atoms with Crippen molar-refractivity contribution in [2.45, 2.75) is 38.7 Å². The van der Waals surface area contributed by atoms with Gasteiger partial charge in [-0.3, -0.25) is 10.1 Å². The Kier molecular flexibility index (Phi) is 10.7. The van der Waals surface area contributed by atoms with Gasteiger partial charge in [0, 0.05) is 31.5 Å². The van der Waals surface area contributed by atoms with Gasteiger partial charge in [-0.05, 0) is 29.5 Å². The summed E-state index contributed by atoms with van der Waals surface area (Å²) in [5.74, 6) is -4.48. The Bertz CT molecular complexity index is 1230. The molecule has 0 spiro atoms. The lowest BCUT2D eigenvalue weighted by Crippen LogP contribution is -2.45. The van der Waals surface area contributed by atoms with Crippen molar-refractivity contribution < 1.29 is 32.6 Å². The summed E-state index contributed by atoms with van der Waals surface area (Å²) in [6, 6.07) is 11.9. The summed E-state index contributed by atoms with van der Waals surface area (Å²) < 4.78 is 46.7. The zero-order chi connectivity index (χ0) is 26.3. The van der Waals surface area contributed by atoms with Crippen molar-refractivity contribution in [2.75, 3.05) is 25.6 Å². The molecule has 7 nitrogen and oxygen atoms in total. The fraction of sp³-hybridized carbons (Fsp3) is 0.346. The molecule has 200 valence electrons. The number of rotatable bonds is 10. The zero-order valence-electron chi connectivity index (χ0n) is 19.4. The van der Waals surface area contributed by atoms with Gasteiger partial charge < -0.3 is 14.7 Å². The van der Waals surface area contributed by atoms with Gasteiger partial charge in [0.05, 0.1) is 11.1 Å². The van der Waals surface area contributed by atoms with Gasteiger partial charge >= 0.3 is 6.09 Å². The Hall–Kier alpha value is -3.37. The van der Waals surface area contributed by atoms with Crippen LogP contribution >= 0.6 is 11.6 Å². The highest BCUT2D eigenvalue weighted by Crippen LogP contribution is 2.24. The van der Waals surface area contributed by atoms with Gasteiger partial charge in [0.15, 0.2) is 0 Å². The number of alkyl halides is 2. The molecule has 2 aromatic carbocycles. The number of fused-ring (bicyclic) bond motifs is 1. The van der Waals surface area contributed by atoms with Crippen LogP contribution in [0.25, 0.3) is 10.8 Å². The number of aliphatic hydroxyl groups excluding tert-OH is 1. The maximum Gasteiger partial charge on any atom is 0.412 e. The number of carbonyl (C=O) groups is 2. The number of likely N-dealkylation sites (N-methyl/N-ethyl adjacent to an activating group) is 1. The molecule has 0 aliphatic carbocycles. The first-order chi connectivity index (χ1) is 17.1. The summed E-state index contributed by atoms with van der Waals surface area (Å²) in [7, 11) is 1.29. The Morgan fingerprint density at radius 2 is 1.89 bits per heavy atom. The topological polar surface area (TPSA) is 91.8 Å². The van der Waals surface area contributed by atoms with Crippen LogP contribution in [0.1, 0.15) is 25.8 Å². The number of aromatic nitrogens is 1. The van der Waals surface area contributed by atoms with E-state index in [0.717, 1.165) is 15.7 Å². The lowest BCUT2D eigenvalue weighted by Gasteiger charge is -2.30. The van der Waals surface area contributed by atoms with Crippen molar-refractivity contribution in [3.05, 3.63) is 71.1 Å². The smallest absolute Gasteiger partial charge is 0.412 e. The third-order valence-corrected chi connectivity index (χ3v) is 6.04. The average molecular weight is 540 g/mol. The van der Waals surface area contributed by atoms with E-state index in [9.17, 15) is 22.8 Å². The molecular weight excluding hydrogens is 511 g/mol. The second-order valence-corrected chi connectivity index (χ2v) is 8.61. The number of carbonyl (C=O) groups excluding carboxylic acids is 2. The van der Waals surface area contributed by atoms with Gasteiger partial charge in [-0.1, -0.05) is 55.4 Å². The number of hydrogen-bond donors (Lipinski definition) is 2. The Balaban J connectivity index is 0.00000481. The minimum atomic E-state index is -3.51. The van der Waals surface area contributed by atoms with E-state index in [4.69, 9.17) is 21.4 Å². The van der Waals surface area contributed by atoms with Crippen LogP contribution in [0.15, 0.2) is 54.7 Å². The molecule has 0 saturated carbocycles. The molecule has 1 heterocycles. The number of nitrogens with zero attached hydrogens (tertiary/aromatic N) is 2. The molecule has 11 heteroatoms. The summed E-state index contributed by atoms with van der Waals surface area (Å²) in [6.07, 6.45) is -0.380. The first kappa shape index (κ1) is 29.9. The van der Waals surface area contributed by atoms with Crippen LogP contribution in [0.3, 0.4) is 0 Å². The molecule has 1 atom stereocenters. The summed E-state index contributed by atoms with van der Waals surface area (Å²) >= 11 is 5.91. The Morgan fingerprint density at radius 3 is 2.59 bits per heavy atom. The Labute approximate surface area is 218 Å². The van der Waals surface area contributed by atoms with Gasteiger partial charge in [0.1, 0.15) is 24.8 Å². The largest absolute Gasteiger partial charge is 0.447 e. The number of benzene rings is 2. The summed E-state index contributed by atoms with van der Waals surface area (Å²) in [4.78, 5) is 30.1. The summed E-state index contributed by atoms with van der Waals surface area (Å²) in [6.45, 7) is -1.99. The van der Waals surface area contributed by atoms with Crippen LogP contribution in [0.2, 0.25) is 5.02 Å². The van der Waals surface area contributed by atoms with E-state index in [1.807, 2.05) is 24.3 Å². The van der Waals surface area contributed by atoms with Crippen LogP contribution in [-0.4, -0.2) is 59.2 Å². The van der Waals surface area contributed by atoms with Crippen molar-refractivity contribution in [3.8, 4) is 0 Å². The Morgan fingerprint density at radius 1 is 1.19 bits per heavy atom. The quantitative estimate of drug-likeness (QED) is 0.345. The van der Waals surface area contributed by atoms with Gasteiger partial charge in [-0.15, -0.1) is 0 Å². The lowest BCUT2D eigenvalue weighted by atomic mass is 10.1. The molecule has 0 aliphatic rings. The third-order valence-electron chi connectivity index (χ3n) is 5.61. The summed E-state index contributed by atoms with van der Waals surface area (Å²) in [5.41, 5.74) is 0.397. The molecule has 37 heavy (non-hydrogen) atoms. The highest BCUT2D eigenvalue weighted by Gasteiger charge is 2.35. The molecule has 1 aromatic heterocycles. The van der Waals surface area contributed by atoms with Gasteiger partial charge in [0.25, 0.3) is 5.92 Å². The molecule has 0 saturated heterocycles. The summed E-state index contributed by atoms with van der Waals surface area (Å²) in [5, 5.41) is 13.0. The molecule has 0 radical (unpaired) electrons. The number of pyridine rings is 1. The molecule has 2 N–H and O–H groups in total. The monoisotopic (exact) mass is 539 g/mol. The van der Waals surface area contributed by atoms with E-state index in [1.165, 1.54) is 19.2 Å². The number of aryl methyl sites for hydroxylation is 1. The van der Waals surface area contributed by atoms with E-state index < -0.39 is 49.4 Å². The first-order valence-electron chi connectivity index (χ1n) is 11.1. The molecule has 0 bridgehead atoms. The second kappa shape index (κ2) is 13.3. The number of nitrogens with one attached hydrogen (secondary N) is 1. The number of halogens is 4. The molecule has 2 amide bonds. The van der Waals surface area contributed by atoms with Crippen molar-refractivity contribution in [1.82, 2.24) is 9.88 Å². The van der Waals surface area contributed by atoms with Gasteiger partial charge in [0.2, 0.25) is 5.91 Å². The molecule has 3 aromatic rings. The van der Waals surface area contributed by atoms with Crippen molar-refractivity contribution in [3.63, 3.8) is 0 Å². The van der Waals surface area contributed by atoms with Gasteiger partial charge in [-0.2, -0.15) is 0 Å². The van der Waals surface area contributed by atoms with E-state index >= 15 is 0 Å². The average Bonchev–Trinajstić information content (AvgIpc) is 2.86. The zero-order valence-corrected chi connectivity index (χ0v) is 20.1. The molecule has 0 fully saturated rings. The second-order valence-electron chi connectivity index (χ2n) is 8.23. The van der Waals surface area contributed by atoms with Crippen LogP contribution < -0.4 is 5.32 Å². The fourth-order valence-corrected chi connectivity index (χ4v) is 3.76. The van der Waals surface area contributed by atoms with Crippen molar-refractivity contribution >= 4 is 40.2 Å². The third kappa shape index (κ3) is 8.33. The lowest BCUT2D eigenvalue weighted by molar-refractivity contribution is -0.136. The van der Waals surface area contributed by atoms with Crippen LogP contribution in [0.4, 0.5) is 23.8 Å². The van der Waals surface area contributed by atoms with Crippen molar-refractivity contribution in [1.29, 1.82) is 0 Å². The van der Waals surface area contributed by atoms with Crippen LogP contribution in [-0.2, 0) is 16.0 Å². The number of anilines is 1. The van der Waals surface area contributed by atoms with E-state index in [-0.39, 0.29) is 31.1 Å². The molecule has 0 unspecified atom stereocenters. The maximum atomic E-state index is 14.0. The number of amides is 2. The molecular formula is C26H29ClF3N3O4.